The number of rotatable bonds is 8. The van der Waals surface area contributed by atoms with Gasteiger partial charge in [0.05, 0.1) is 27.6 Å². The zero-order valence-corrected chi connectivity index (χ0v) is 18.2. The molecule has 0 aliphatic carbocycles. The summed E-state index contributed by atoms with van der Waals surface area (Å²) in [7, 11) is -2.89. The van der Waals surface area contributed by atoms with Gasteiger partial charge in [-0.05, 0) is 42.5 Å². The number of nitrogens with zero attached hydrogens (tertiary/aromatic N) is 2. The van der Waals surface area contributed by atoms with Gasteiger partial charge in [0, 0.05) is 12.1 Å². The summed E-state index contributed by atoms with van der Waals surface area (Å²) in [6, 6.07) is 16.6. The fourth-order valence-corrected chi connectivity index (χ4v) is 4.44. The van der Waals surface area contributed by atoms with E-state index in [0.29, 0.717) is 10.1 Å². The number of methoxy groups -OCH3 is 1. The molecule has 3 rings (SSSR count). The van der Waals surface area contributed by atoms with E-state index < -0.39 is 27.5 Å². The smallest absolute Gasteiger partial charge is 0.278 e. The SMILES string of the molecule is COc1ccc(N(C(=O)COc2ccc([N+](=O)[O-])cc2)S(=O)(=O)c2ccccc2)cc1Cl. The van der Waals surface area contributed by atoms with E-state index in [1.165, 1.54) is 73.8 Å². The van der Waals surface area contributed by atoms with Crippen LogP contribution in [0.15, 0.2) is 77.7 Å². The molecule has 0 atom stereocenters. The molecule has 0 spiro atoms. The van der Waals surface area contributed by atoms with E-state index in [0.717, 1.165) is 0 Å². The Morgan fingerprint density at radius 1 is 1.06 bits per heavy atom. The average Bonchev–Trinajstić information content (AvgIpc) is 2.78. The number of anilines is 1. The normalized spacial score (nSPS) is 10.9. The second kappa shape index (κ2) is 9.67. The molecule has 3 aromatic rings. The lowest BCUT2D eigenvalue weighted by molar-refractivity contribution is -0.384. The summed E-state index contributed by atoms with van der Waals surface area (Å²) in [5, 5.41) is 10.9. The molecule has 0 fully saturated rings. The number of nitro groups is 1. The summed E-state index contributed by atoms with van der Waals surface area (Å²) in [6.07, 6.45) is 0. The maximum absolute atomic E-state index is 13.3. The fraction of sp³-hybridized carbons (Fsp3) is 0.0952. The second-order valence-electron chi connectivity index (χ2n) is 6.33. The van der Waals surface area contributed by atoms with Crippen molar-refractivity contribution in [3.05, 3.63) is 87.9 Å². The van der Waals surface area contributed by atoms with Crippen LogP contribution in [0.25, 0.3) is 0 Å². The minimum absolute atomic E-state index is 0.00282. The summed E-state index contributed by atoms with van der Waals surface area (Å²) in [5.41, 5.74) is -0.151. The number of nitro benzene ring substituents is 1. The van der Waals surface area contributed by atoms with Gasteiger partial charge in [0.15, 0.2) is 6.61 Å². The fourth-order valence-electron chi connectivity index (χ4n) is 2.76. The monoisotopic (exact) mass is 476 g/mol. The highest BCUT2D eigenvalue weighted by atomic mass is 35.5. The third-order valence-electron chi connectivity index (χ3n) is 4.29. The van der Waals surface area contributed by atoms with Crippen LogP contribution in [-0.2, 0) is 14.8 Å². The van der Waals surface area contributed by atoms with Crippen molar-refractivity contribution < 1.29 is 27.6 Å². The number of hydrogen-bond acceptors (Lipinski definition) is 7. The first kappa shape index (κ1) is 23.0. The molecule has 0 unspecified atom stereocenters. The first-order valence-electron chi connectivity index (χ1n) is 9.08. The van der Waals surface area contributed by atoms with Gasteiger partial charge in [0.2, 0.25) is 0 Å². The number of ether oxygens (including phenoxy) is 2. The van der Waals surface area contributed by atoms with Crippen LogP contribution < -0.4 is 13.8 Å². The third kappa shape index (κ3) is 4.98. The Kier molecular flexibility index (Phi) is 6.96. The zero-order chi connectivity index (χ0) is 23.3. The van der Waals surface area contributed by atoms with Crippen LogP contribution in [0.5, 0.6) is 11.5 Å². The number of carbonyl (C=O) groups excluding carboxylic acids is 1. The Morgan fingerprint density at radius 2 is 1.72 bits per heavy atom. The predicted molar refractivity (Wildman–Crippen MR) is 118 cm³/mol. The van der Waals surface area contributed by atoms with Gasteiger partial charge < -0.3 is 9.47 Å². The Bertz CT molecular complexity index is 1230. The minimum Gasteiger partial charge on any atom is -0.495 e. The average molecular weight is 477 g/mol. The number of benzene rings is 3. The van der Waals surface area contributed by atoms with Crippen molar-refractivity contribution in [1.29, 1.82) is 0 Å². The highest BCUT2D eigenvalue weighted by Crippen LogP contribution is 2.32. The summed E-state index contributed by atoms with van der Waals surface area (Å²) >= 11 is 6.14. The third-order valence-corrected chi connectivity index (χ3v) is 6.35. The number of carbonyl (C=O) groups is 1. The molecule has 3 aromatic carbocycles. The van der Waals surface area contributed by atoms with Crippen molar-refractivity contribution in [2.75, 3.05) is 18.0 Å². The molecule has 9 nitrogen and oxygen atoms in total. The van der Waals surface area contributed by atoms with E-state index in [4.69, 9.17) is 21.1 Å². The molecule has 0 heterocycles. The number of sulfonamides is 1. The van der Waals surface area contributed by atoms with Crippen LogP contribution in [0.2, 0.25) is 5.02 Å². The van der Waals surface area contributed by atoms with Crippen molar-refractivity contribution in [3.8, 4) is 11.5 Å². The van der Waals surface area contributed by atoms with Gasteiger partial charge in [-0.25, -0.2) is 8.42 Å². The van der Waals surface area contributed by atoms with Crippen molar-refractivity contribution in [2.24, 2.45) is 0 Å². The van der Waals surface area contributed by atoms with Gasteiger partial charge in [-0.2, -0.15) is 4.31 Å². The van der Waals surface area contributed by atoms with Crippen LogP contribution in [-0.4, -0.2) is 33.0 Å². The molecule has 0 N–H and O–H groups in total. The quantitative estimate of drug-likeness (QED) is 0.355. The van der Waals surface area contributed by atoms with E-state index >= 15 is 0 Å². The van der Waals surface area contributed by atoms with Crippen LogP contribution in [0.1, 0.15) is 0 Å². The molecule has 0 aromatic heterocycles. The van der Waals surface area contributed by atoms with Gasteiger partial charge in [0.25, 0.3) is 21.6 Å². The number of non-ortho nitro benzene ring substituents is 1. The zero-order valence-electron chi connectivity index (χ0n) is 16.7. The van der Waals surface area contributed by atoms with E-state index in [1.54, 1.807) is 6.07 Å². The van der Waals surface area contributed by atoms with Gasteiger partial charge in [0.1, 0.15) is 11.5 Å². The molecular formula is C21H17ClN2O7S. The minimum atomic E-state index is -4.30. The molecule has 11 heteroatoms. The van der Waals surface area contributed by atoms with E-state index in [-0.39, 0.29) is 27.0 Å². The first-order chi connectivity index (χ1) is 15.2. The van der Waals surface area contributed by atoms with Crippen LogP contribution in [0.3, 0.4) is 0 Å². The van der Waals surface area contributed by atoms with Gasteiger partial charge in [-0.1, -0.05) is 29.8 Å². The van der Waals surface area contributed by atoms with Crippen molar-refractivity contribution >= 4 is 38.9 Å². The molecule has 1 amide bonds. The van der Waals surface area contributed by atoms with E-state index in [2.05, 4.69) is 0 Å². The lowest BCUT2D eigenvalue weighted by atomic mass is 10.3. The topological polar surface area (TPSA) is 116 Å². The molecule has 32 heavy (non-hydrogen) atoms. The highest BCUT2D eigenvalue weighted by molar-refractivity contribution is 7.93. The molecule has 0 radical (unpaired) electrons. The molecule has 0 bridgehead atoms. The number of halogens is 1. The Labute approximate surface area is 189 Å². The molecule has 0 aliphatic rings. The van der Waals surface area contributed by atoms with E-state index in [9.17, 15) is 23.3 Å². The first-order valence-corrected chi connectivity index (χ1v) is 10.9. The van der Waals surface area contributed by atoms with Crippen LogP contribution in [0, 0.1) is 10.1 Å². The Balaban J connectivity index is 1.94. The molecule has 166 valence electrons. The van der Waals surface area contributed by atoms with Crippen molar-refractivity contribution in [1.82, 2.24) is 0 Å². The van der Waals surface area contributed by atoms with Crippen molar-refractivity contribution in [3.63, 3.8) is 0 Å². The summed E-state index contributed by atoms with van der Waals surface area (Å²) in [5.74, 6) is -0.427. The van der Waals surface area contributed by atoms with E-state index in [1.807, 2.05) is 0 Å². The lowest BCUT2D eigenvalue weighted by Gasteiger charge is -2.23. The summed E-state index contributed by atoms with van der Waals surface area (Å²) in [6.45, 7) is -0.645. The molecular weight excluding hydrogens is 460 g/mol. The molecule has 0 aliphatic heterocycles. The maximum Gasteiger partial charge on any atom is 0.278 e. The standard InChI is InChI=1S/C21H17ClN2O7S/c1-30-20-12-9-16(13-19(20)22)23(32(28,29)18-5-3-2-4-6-18)21(25)14-31-17-10-7-15(8-11-17)24(26)27/h2-13H,14H2,1H3. The summed E-state index contributed by atoms with van der Waals surface area (Å²) in [4.78, 5) is 23.1. The summed E-state index contributed by atoms with van der Waals surface area (Å²) < 4.78 is 37.6. The van der Waals surface area contributed by atoms with Crippen LogP contribution >= 0.6 is 11.6 Å². The van der Waals surface area contributed by atoms with Gasteiger partial charge >= 0.3 is 0 Å². The van der Waals surface area contributed by atoms with Crippen molar-refractivity contribution in [2.45, 2.75) is 4.90 Å². The maximum atomic E-state index is 13.3. The Morgan fingerprint density at radius 3 is 2.28 bits per heavy atom. The number of amides is 1. The molecule has 0 saturated carbocycles. The Hall–Kier alpha value is -3.63. The van der Waals surface area contributed by atoms with Gasteiger partial charge in [-0.3, -0.25) is 14.9 Å². The molecule has 0 saturated heterocycles. The lowest BCUT2D eigenvalue weighted by Crippen LogP contribution is -2.40. The largest absolute Gasteiger partial charge is 0.495 e. The predicted octanol–water partition coefficient (Wildman–Crippen LogP) is 4.06. The van der Waals surface area contributed by atoms with Crippen LogP contribution in [0.4, 0.5) is 11.4 Å². The highest BCUT2D eigenvalue weighted by Gasteiger charge is 2.31. The number of hydrogen-bond donors (Lipinski definition) is 0. The van der Waals surface area contributed by atoms with Gasteiger partial charge in [-0.15, -0.1) is 0 Å². The second-order valence-corrected chi connectivity index (χ2v) is 8.53.